The van der Waals surface area contributed by atoms with E-state index in [9.17, 15) is 4.79 Å². The van der Waals surface area contributed by atoms with Crippen LogP contribution in [0.5, 0.6) is 5.75 Å². The summed E-state index contributed by atoms with van der Waals surface area (Å²) in [5, 5.41) is 8.69. The number of carbonyl (C=O) groups excluding carboxylic acids is 1. The van der Waals surface area contributed by atoms with E-state index in [-0.39, 0.29) is 11.9 Å². The van der Waals surface area contributed by atoms with E-state index in [1.807, 2.05) is 73.5 Å². The third-order valence-corrected chi connectivity index (χ3v) is 7.08. The number of nitrogens with zero attached hydrogens (tertiary/aromatic N) is 4. The van der Waals surface area contributed by atoms with Gasteiger partial charge in [0, 0.05) is 19.7 Å². The fraction of sp³-hybridized carbons (Fsp3) is 0.500. The van der Waals surface area contributed by atoms with Crippen molar-refractivity contribution in [3.8, 4) is 5.75 Å². The average molecular weight is 535 g/mol. The maximum Gasteiger partial charge on any atom is 0.254 e. The van der Waals surface area contributed by atoms with Crippen molar-refractivity contribution in [2.24, 2.45) is 0 Å². The van der Waals surface area contributed by atoms with Crippen LogP contribution in [0.1, 0.15) is 56.8 Å². The summed E-state index contributed by atoms with van der Waals surface area (Å²) in [7, 11) is 0. The second kappa shape index (κ2) is 12.7. The zero-order valence-corrected chi connectivity index (χ0v) is 22.8. The molecule has 0 bridgehead atoms. The number of hydrogen-bond donors (Lipinski definition) is 0. The van der Waals surface area contributed by atoms with Crippen LogP contribution in [0.4, 0.5) is 0 Å². The summed E-state index contributed by atoms with van der Waals surface area (Å²) in [5.41, 5.74) is 1.91. The monoisotopic (exact) mass is 534 g/mol. The van der Waals surface area contributed by atoms with Crippen LogP contribution >= 0.6 is 0 Å². The molecule has 3 aromatic rings. The third-order valence-electron chi connectivity index (χ3n) is 7.08. The fourth-order valence-electron chi connectivity index (χ4n) is 5.14. The maximum atomic E-state index is 13.3. The number of hydrogen-bond acceptors (Lipinski definition) is 7. The van der Waals surface area contributed by atoms with Gasteiger partial charge in [0.05, 0.1) is 12.8 Å². The number of likely N-dealkylation sites (tertiary alicyclic amines) is 1. The van der Waals surface area contributed by atoms with Gasteiger partial charge in [-0.05, 0) is 44.4 Å². The van der Waals surface area contributed by atoms with E-state index in [0.29, 0.717) is 32.0 Å². The van der Waals surface area contributed by atoms with Gasteiger partial charge in [0.2, 0.25) is 0 Å². The van der Waals surface area contributed by atoms with Gasteiger partial charge in [0.15, 0.2) is 11.9 Å². The summed E-state index contributed by atoms with van der Waals surface area (Å²) < 4.78 is 25.7. The summed E-state index contributed by atoms with van der Waals surface area (Å²) in [6.45, 7) is 6.57. The number of aromatic nitrogens is 3. The first-order valence-electron chi connectivity index (χ1n) is 13.8. The molecule has 2 aliphatic heterocycles. The molecule has 3 heterocycles. The number of piperidine rings is 1. The summed E-state index contributed by atoms with van der Waals surface area (Å²) in [5.74, 6) is -0.0712. The van der Waals surface area contributed by atoms with Crippen LogP contribution in [-0.4, -0.2) is 63.5 Å². The van der Waals surface area contributed by atoms with Crippen molar-refractivity contribution in [2.75, 3.05) is 19.7 Å². The highest BCUT2D eigenvalue weighted by molar-refractivity contribution is 5.83. The maximum absolute atomic E-state index is 13.3. The van der Waals surface area contributed by atoms with Crippen molar-refractivity contribution < 1.29 is 23.7 Å². The molecule has 3 atom stereocenters. The molecule has 9 heteroatoms. The quantitative estimate of drug-likeness (QED) is 0.298. The Labute approximate surface area is 230 Å². The van der Waals surface area contributed by atoms with Gasteiger partial charge in [-0.25, -0.2) is 4.68 Å². The Morgan fingerprint density at radius 2 is 1.69 bits per heavy atom. The predicted molar refractivity (Wildman–Crippen MR) is 145 cm³/mol. The molecular formula is C30H38N4O5. The largest absolute Gasteiger partial charge is 0.487 e. The molecule has 0 saturated carbocycles. The number of fused-ring (bicyclic) bond motifs is 1. The lowest BCUT2D eigenvalue weighted by molar-refractivity contribution is -0.159. The Kier molecular flexibility index (Phi) is 8.91. The molecule has 0 radical (unpaired) electrons. The second-order valence-corrected chi connectivity index (χ2v) is 10.6. The summed E-state index contributed by atoms with van der Waals surface area (Å²) in [4.78, 5) is 15.2. The molecule has 5 rings (SSSR count). The molecule has 39 heavy (non-hydrogen) atoms. The van der Waals surface area contributed by atoms with Gasteiger partial charge >= 0.3 is 0 Å². The number of ether oxygens (including phenoxy) is 4. The Hall–Kier alpha value is -3.27. The minimum Gasteiger partial charge on any atom is -0.487 e. The number of unbranched alkanes of at least 4 members (excludes halogenated alkanes) is 3. The summed E-state index contributed by atoms with van der Waals surface area (Å²) in [6, 6.07) is 19.6. The molecule has 0 spiro atoms. The molecule has 0 N–H and O–H groups in total. The minimum atomic E-state index is -0.834. The van der Waals surface area contributed by atoms with E-state index in [4.69, 9.17) is 18.9 Å². The van der Waals surface area contributed by atoms with Crippen molar-refractivity contribution in [1.29, 1.82) is 0 Å². The van der Waals surface area contributed by atoms with Gasteiger partial charge in [0.1, 0.15) is 30.2 Å². The van der Waals surface area contributed by atoms with Gasteiger partial charge in [-0.3, -0.25) is 4.79 Å². The second-order valence-electron chi connectivity index (χ2n) is 10.6. The van der Waals surface area contributed by atoms with E-state index < -0.39 is 18.0 Å². The smallest absolute Gasteiger partial charge is 0.254 e. The predicted octanol–water partition coefficient (Wildman–Crippen LogP) is 4.54. The standard InChI is InChI=1S/C30H38N4O5/c1-30(2)38-27-26(34-19-24(31-32-34)22-37-25-15-9-6-10-16-25)20-33(29(35)28(27)39-30)17-11-3-4-12-18-36-21-23-13-7-5-8-14-23/h5-10,13-16,19,26-28H,3-4,11-12,17-18,20-22H2,1-2H3/t26-,27+,28+/m0/s1. The lowest BCUT2D eigenvalue weighted by Crippen LogP contribution is -2.55. The zero-order chi connectivity index (χ0) is 27.1. The van der Waals surface area contributed by atoms with Crippen molar-refractivity contribution >= 4 is 5.91 Å². The number of amides is 1. The molecule has 2 aromatic carbocycles. The first kappa shape index (κ1) is 27.3. The Bertz CT molecular complexity index is 1190. The lowest BCUT2D eigenvalue weighted by atomic mass is 9.98. The lowest BCUT2D eigenvalue weighted by Gasteiger charge is -2.38. The molecule has 1 aromatic heterocycles. The number of carbonyl (C=O) groups is 1. The van der Waals surface area contributed by atoms with Crippen LogP contribution in [0.15, 0.2) is 66.9 Å². The van der Waals surface area contributed by atoms with Crippen LogP contribution in [0.25, 0.3) is 0 Å². The highest BCUT2D eigenvalue weighted by Gasteiger charge is 2.54. The molecule has 2 fully saturated rings. The van der Waals surface area contributed by atoms with Gasteiger partial charge in [-0.15, -0.1) is 5.10 Å². The normalized spacial score (nSPS) is 22.2. The summed E-state index contributed by atoms with van der Waals surface area (Å²) >= 11 is 0. The molecule has 9 nitrogen and oxygen atoms in total. The Morgan fingerprint density at radius 1 is 0.949 bits per heavy atom. The van der Waals surface area contributed by atoms with Gasteiger partial charge in [-0.2, -0.15) is 0 Å². The summed E-state index contributed by atoms with van der Waals surface area (Å²) in [6.07, 6.45) is 4.83. The average Bonchev–Trinajstić information content (AvgIpc) is 3.55. The highest BCUT2D eigenvalue weighted by atomic mass is 16.8. The minimum absolute atomic E-state index is 0.0132. The molecular weight excluding hydrogens is 496 g/mol. The zero-order valence-electron chi connectivity index (χ0n) is 22.8. The van der Waals surface area contributed by atoms with Gasteiger partial charge < -0.3 is 23.8 Å². The number of para-hydroxylation sites is 1. The van der Waals surface area contributed by atoms with Crippen LogP contribution < -0.4 is 4.74 Å². The van der Waals surface area contributed by atoms with Gasteiger partial charge in [-0.1, -0.05) is 66.6 Å². The van der Waals surface area contributed by atoms with E-state index in [1.54, 1.807) is 4.68 Å². The van der Waals surface area contributed by atoms with E-state index in [0.717, 1.165) is 38.0 Å². The van der Waals surface area contributed by atoms with Crippen LogP contribution in [-0.2, 0) is 32.2 Å². The fourth-order valence-corrected chi connectivity index (χ4v) is 5.14. The Morgan fingerprint density at radius 3 is 2.49 bits per heavy atom. The highest BCUT2D eigenvalue weighted by Crippen LogP contribution is 2.38. The van der Waals surface area contributed by atoms with Crippen LogP contribution in [0, 0.1) is 0 Å². The van der Waals surface area contributed by atoms with E-state index >= 15 is 0 Å². The van der Waals surface area contributed by atoms with Crippen molar-refractivity contribution in [2.45, 2.75) is 76.8 Å². The molecule has 2 saturated heterocycles. The van der Waals surface area contributed by atoms with Gasteiger partial charge in [0.25, 0.3) is 5.91 Å². The van der Waals surface area contributed by atoms with E-state index in [2.05, 4.69) is 22.4 Å². The molecule has 1 amide bonds. The number of benzene rings is 2. The number of rotatable bonds is 13. The SMILES string of the molecule is CC1(C)O[C@H]2[C@@H](O1)C(=O)N(CCCCCCOCc1ccccc1)C[C@@H]2n1cc(COc2ccccc2)nn1. The van der Waals surface area contributed by atoms with Crippen molar-refractivity contribution in [3.05, 3.63) is 78.1 Å². The van der Waals surface area contributed by atoms with Crippen LogP contribution in [0.3, 0.4) is 0 Å². The molecule has 2 aliphatic rings. The van der Waals surface area contributed by atoms with Crippen LogP contribution in [0.2, 0.25) is 0 Å². The van der Waals surface area contributed by atoms with Crippen molar-refractivity contribution in [3.63, 3.8) is 0 Å². The molecule has 0 unspecified atom stereocenters. The first-order valence-corrected chi connectivity index (χ1v) is 13.8. The topological polar surface area (TPSA) is 87.9 Å². The third kappa shape index (κ3) is 7.23. The van der Waals surface area contributed by atoms with E-state index in [1.165, 1.54) is 5.56 Å². The first-order chi connectivity index (χ1) is 19.0. The molecule has 0 aliphatic carbocycles. The Balaban J connectivity index is 1.12. The molecule has 208 valence electrons. The van der Waals surface area contributed by atoms with Crippen molar-refractivity contribution in [1.82, 2.24) is 19.9 Å².